The fourth-order valence-electron chi connectivity index (χ4n) is 3.56. The molecule has 0 N–H and O–H groups in total. The van der Waals surface area contributed by atoms with Gasteiger partial charge in [-0.05, 0) is 29.9 Å². The number of hydrogen-bond donors (Lipinski definition) is 0. The largest absolute Gasteiger partial charge is 0.290 e. The van der Waals surface area contributed by atoms with Crippen LogP contribution in [0.1, 0.15) is 82.3 Å². The summed E-state index contributed by atoms with van der Waals surface area (Å²) in [6, 6.07) is 19.0. The van der Waals surface area contributed by atoms with Gasteiger partial charge in [-0.3, -0.25) is 10.1 Å². The van der Waals surface area contributed by atoms with Gasteiger partial charge in [-0.25, -0.2) is 0 Å². The topological polar surface area (TPSA) is 43.1 Å². The lowest BCUT2D eigenvalue weighted by molar-refractivity contribution is -0.374. The molecule has 0 spiro atoms. The van der Waals surface area contributed by atoms with Gasteiger partial charge in [-0.15, -0.1) is 11.8 Å². The molecule has 0 fully saturated rings. The zero-order valence-electron chi connectivity index (χ0n) is 18.2. The Morgan fingerprint density at radius 2 is 1.20 bits per heavy atom. The molecule has 0 saturated heterocycles. The van der Waals surface area contributed by atoms with E-state index in [2.05, 4.69) is 6.92 Å². The summed E-state index contributed by atoms with van der Waals surface area (Å²) in [5, 5.41) is 12.0. The van der Waals surface area contributed by atoms with Crippen molar-refractivity contribution in [2.75, 3.05) is 5.75 Å². The first-order valence-electron chi connectivity index (χ1n) is 11.4. The van der Waals surface area contributed by atoms with Crippen LogP contribution in [0.25, 0.3) is 10.6 Å². The Morgan fingerprint density at radius 1 is 0.733 bits per heavy atom. The van der Waals surface area contributed by atoms with Crippen molar-refractivity contribution < 1.29 is 4.92 Å². The molecular weight excluding hydrogens is 390 g/mol. The van der Waals surface area contributed by atoms with Crippen LogP contribution < -0.4 is 0 Å². The highest BCUT2D eigenvalue weighted by Crippen LogP contribution is 2.36. The molecule has 2 aromatic carbocycles. The molecule has 2 rings (SSSR count). The van der Waals surface area contributed by atoms with Gasteiger partial charge < -0.3 is 0 Å². The van der Waals surface area contributed by atoms with Crippen molar-refractivity contribution in [3.63, 3.8) is 0 Å². The molecule has 0 saturated carbocycles. The second kappa shape index (κ2) is 14.8. The number of hydrogen-bond acceptors (Lipinski definition) is 3. The van der Waals surface area contributed by atoms with Crippen LogP contribution in [0.5, 0.6) is 0 Å². The molecular formula is C26H35NO2S. The minimum absolute atomic E-state index is 0.207. The third-order valence-electron chi connectivity index (χ3n) is 5.23. The molecule has 0 amide bonds. The van der Waals surface area contributed by atoms with Crippen LogP contribution in [0.3, 0.4) is 0 Å². The number of nitro groups is 1. The van der Waals surface area contributed by atoms with E-state index in [4.69, 9.17) is 0 Å². The van der Waals surface area contributed by atoms with Crippen LogP contribution >= 0.6 is 11.8 Å². The molecule has 30 heavy (non-hydrogen) atoms. The third-order valence-corrected chi connectivity index (χ3v) is 6.44. The second-order valence-corrected chi connectivity index (χ2v) is 8.80. The lowest BCUT2D eigenvalue weighted by Crippen LogP contribution is -2.01. The van der Waals surface area contributed by atoms with E-state index < -0.39 is 0 Å². The molecule has 162 valence electrons. The fraction of sp³-hybridized carbons (Fsp3) is 0.462. The molecule has 0 radical (unpaired) electrons. The summed E-state index contributed by atoms with van der Waals surface area (Å²) in [5.41, 5.74) is 1.79. The van der Waals surface area contributed by atoms with Gasteiger partial charge in [0, 0.05) is 0 Å². The first kappa shape index (κ1) is 24.2. The Morgan fingerprint density at radius 3 is 1.70 bits per heavy atom. The van der Waals surface area contributed by atoms with E-state index in [0.717, 1.165) is 22.6 Å². The van der Waals surface area contributed by atoms with Gasteiger partial charge in [-0.2, -0.15) is 0 Å². The van der Waals surface area contributed by atoms with E-state index in [9.17, 15) is 10.1 Å². The molecule has 0 aromatic heterocycles. The summed E-state index contributed by atoms with van der Waals surface area (Å²) in [7, 11) is 0. The van der Waals surface area contributed by atoms with Crippen LogP contribution in [0.4, 0.5) is 0 Å². The summed E-state index contributed by atoms with van der Waals surface area (Å²) in [5.74, 6) is 0.908. The maximum atomic E-state index is 12.0. The maximum absolute atomic E-state index is 12.0. The van der Waals surface area contributed by atoms with Crippen LogP contribution in [-0.2, 0) is 0 Å². The highest BCUT2D eigenvalue weighted by molar-refractivity contribution is 8.08. The number of thioether (sulfide) groups is 1. The molecule has 0 aliphatic heterocycles. The van der Waals surface area contributed by atoms with Crippen molar-refractivity contribution in [3.8, 4) is 0 Å². The zero-order chi connectivity index (χ0) is 21.4. The molecule has 0 aliphatic rings. The second-order valence-electron chi connectivity index (χ2n) is 7.70. The predicted octanol–water partition coefficient (Wildman–Crippen LogP) is 8.44. The quantitative estimate of drug-likeness (QED) is 0.124. The van der Waals surface area contributed by atoms with Crippen molar-refractivity contribution >= 4 is 22.4 Å². The summed E-state index contributed by atoms with van der Waals surface area (Å²) >= 11 is 1.62. The third kappa shape index (κ3) is 8.74. The first-order valence-corrected chi connectivity index (χ1v) is 12.3. The molecule has 0 unspecified atom stereocenters. The number of nitrogens with zero attached hydrogens (tertiary/aromatic N) is 1. The van der Waals surface area contributed by atoms with Gasteiger partial charge in [0.15, 0.2) is 0 Å². The number of unbranched alkanes of at least 4 members (excludes halogenated alkanes) is 9. The van der Waals surface area contributed by atoms with E-state index in [-0.39, 0.29) is 10.6 Å². The van der Waals surface area contributed by atoms with Crippen LogP contribution in [-0.4, -0.2) is 10.7 Å². The average molecular weight is 426 g/mol. The predicted molar refractivity (Wildman–Crippen MR) is 131 cm³/mol. The summed E-state index contributed by atoms with van der Waals surface area (Å²) < 4.78 is 0. The standard InChI is InChI=1S/C26H35NO2S/c1-2-3-4-5-6-7-8-9-10-17-22-30-26(24-20-15-12-16-21-24)25(27(28)29)23-18-13-11-14-19-23/h11-16,18-21H,2-10,17,22H2,1H3/b26-25-. The zero-order valence-corrected chi connectivity index (χ0v) is 19.0. The van der Waals surface area contributed by atoms with Crippen molar-refractivity contribution in [2.45, 2.75) is 71.1 Å². The average Bonchev–Trinajstić information content (AvgIpc) is 2.77. The van der Waals surface area contributed by atoms with Crippen molar-refractivity contribution in [3.05, 3.63) is 81.9 Å². The van der Waals surface area contributed by atoms with E-state index in [0.29, 0.717) is 5.56 Å². The van der Waals surface area contributed by atoms with Gasteiger partial charge >= 0.3 is 0 Å². The Hall–Kier alpha value is -2.07. The lowest BCUT2D eigenvalue weighted by Gasteiger charge is -2.10. The summed E-state index contributed by atoms with van der Waals surface area (Å²) in [6.07, 6.45) is 13.0. The number of benzene rings is 2. The van der Waals surface area contributed by atoms with Gasteiger partial charge in [0.1, 0.15) is 0 Å². The molecule has 2 aromatic rings. The maximum Gasteiger partial charge on any atom is 0.290 e. The molecule has 0 bridgehead atoms. The Kier molecular flexibility index (Phi) is 12.0. The van der Waals surface area contributed by atoms with Crippen molar-refractivity contribution in [2.24, 2.45) is 0 Å². The Labute approximate surface area is 186 Å². The molecule has 3 nitrogen and oxygen atoms in total. The van der Waals surface area contributed by atoms with E-state index >= 15 is 0 Å². The van der Waals surface area contributed by atoms with Crippen molar-refractivity contribution in [1.29, 1.82) is 0 Å². The van der Waals surface area contributed by atoms with Crippen LogP contribution in [0.15, 0.2) is 60.7 Å². The normalized spacial score (nSPS) is 11.9. The summed E-state index contributed by atoms with van der Waals surface area (Å²) in [6.45, 7) is 2.25. The van der Waals surface area contributed by atoms with E-state index in [1.165, 1.54) is 57.8 Å². The minimum atomic E-state index is -0.233. The first-order chi connectivity index (χ1) is 14.7. The smallest absolute Gasteiger partial charge is 0.258 e. The fourth-order valence-corrected chi connectivity index (χ4v) is 4.74. The van der Waals surface area contributed by atoms with Gasteiger partial charge in [0.05, 0.1) is 15.4 Å². The summed E-state index contributed by atoms with van der Waals surface area (Å²) in [4.78, 5) is 12.5. The van der Waals surface area contributed by atoms with E-state index in [1.807, 2.05) is 60.7 Å². The van der Waals surface area contributed by atoms with Crippen molar-refractivity contribution in [1.82, 2.24) is 0 Å². The van der Waals surface area contributed by atoms with Crippen LogP contribution in [0.2, 0.25) is 0 Å². The highest BCUT2D eigenvalue weighted by Gasteiger charge is 2.22. The lowest BCUT2D eigenvalue weighted by atomic mass is 10.1. The molecule has 4 heteroatoms. The minimum Gasteiger partial charge on any atom is -0.258 e. The number of rotatable bonds is 15. The Bertz CT molecular complexity index is 759. The van der Waals surface area contributed by atoms with Gasteiger partial charge in [-0.1, -0.05) is 113 Å². The van der Waals surface area contributed by atoms with Crippen LogP contribution in [0, 0.1) is 10.1 Å². The van der Waals surface area contributed by atoms with Gasteiger partial charge in [0.2, 0.25) is 0 Å². The Balaban J connectivity index is 1.91. The molecule has 0 aliphatic carbocycles. The highest BCUT2D eigenvalue weighted by atomic mass is 32.2. The molecule has 0 heterocycles. The van der Waals surface area contributed by atoms with E-state index in [1.54, 1.807) is 11.8 Å². The van der Waals surface area contributed by atoms with Gasteiger partial charge in [0.25, 0.3) is 5.70 Å². The monoisotopic (exact) mass is 425 g/mol. The SMILES string of the molecule is CCCCCCCCCCCCS/C(=C(/c1ccccc1)[N+](=O)[O-])c1ccccc1. The molecule has 0 atom stereocenters.